The molecule has 0 aromatic heterocycles. The van der Waals surface area contributed by atoms with E-state index in [4.69, 9.17) is 9.84 Å². The number of rotatable bonds is 4. The van der Waals surface area contributed by atoms with Crippen LogP contribution >= 0.6 is 0 Å². The van der Waals surface area contributed by atoms with Crippen LogP contribution in [0.15, 0.2) is 36.4 Å². The summed E-state index contributed by atoms with van der Waals surface area (Å²) in [5, 5.41) is 8.37. The van der Waals surface area contributed by atoms with Gasteiger partial charge in [-0.1, -0.05) is 32.1 Å². The van der Waals surface area contributed by atoms with Crippen LogP contribution in [0.5, 0.6) is 5.75 Å². The average Bonchev–Trinajstić information content (AvgIpc) is 2.32. The van der Waals surface area contributed by atoms with Gasteiger partial charge in [-0.25, -0.2) is 4.79 Å². The van der Waals surface area contributed by atoms with Crippen LogP contribution < -0.4 is 4.74 Å². The van der Waals surface area contributed by atoms with Crippen LogP contribution in [0.2, 0.25) is 0 Å². The Labute approximate surface area is 96.4 Å². The largest absolute Gasteiger partial charge is 0.497 e. The molecule has 0 aliphatic carbocycles. The molecule has 0 saturated carbocycles. The fourth-order valence-corrected chi connectivity index (χ4v) is 1.06. The van der Waals surface area contributed by atoms with Gasteiger partial charge in [-0.3, -0.25) is 0 Å². The molecule has 0 heterocycles. The molecule has 0 saturated heterocycles. The second kappa shape index (κ2) is 8.53. The van der Waals surface area contributed by atoms with Crippen molar-refractivity contribution in [1.29, 1.82) is 0 Å². The number of ether oxygens (including phenoxy) is 1. The zero-order valence-electron chi connectivity index (χ0n) is 9.93. The molecular weight excluding hydrogens is 204 g/mol. The molecule has 16 heavy (non-hydrogen) atoms. The third kappa shape index (κ3) is 5.86. The van der Waals surface area contributed by atoms with Gasteiger partial charge in [0, 0.05) is 6.08 Å². The number of carboxylic acids is 1. The Morgan fingerprint density at radius 3 is 2.31 bits per heavy atom. The fourth-order valence-electron chi connectivity index (χ4n) is 1.06. The molecule has 0 fully saturated rings. The summed E-state index contributed by atoms with van der Waals surface area (Å²) in [4.78, 5) is 10.2. The SMILES string of the molecule is CC.COc1ccc(C/C=C/C(=O)O)cc1. The molecule has 88 valence electrons. The lowest BCUT2D eigenvalue weighted by Crippen LogP contribution is -1.88. The van der Waals surface area contributed by atoms with Crippen molar-refractivity contribution in [2.75, 3.05) is 7.11 Å². The molecule has 1 aromatic rings. The van der Waals surface area contributed by atoms with Gasteiger partial charge in [-0.15, -0.1) is 0 Å². The van der Waals surface area contributed by atoms with Gasteiger partial charge in [0.05, 0.1) is 7.11 Å². The Bertz CT molecular complexity index is 326. The van der Waals surface area contributed by atoms with E-state index in [-0.39, 0.29) is 0 Å². The minimum Gasteiger partial charge on any atom is -0.497 e. The van der Waals surface area contributed by atoms with Crippen LogP contribution in [0.4, 0.5) is 0 Å². The highest BCUT2D eigenvalue weighted by atomic mass is 16.5. The molecule has 3 nitrogen and oxygen atoms in total. The number of hydrogen-bond acceptors (Lipinski definition) is 2. The van der Waals surface area contributed by atoms with Gasteiger partial charge < -0.3 is 9.84 Å². The Hall–Kier alpha value is -1.77. The van der Waals surface area contributed by atoms with Crippen LogP contribution in [0, 0.1) is 0 Å². The summed E-state index contributed by atoms with van der Waals surface area (Å²) in [6.07, 6.45) is 3.38. The Morgan fingerprint density at radius 2 is 1.88 bits per heavy atom. The summed E-state index contributed by atoms with van der Waals surface area (Å²) in [5.74, 6) is -0.116. The van der Waals surface area contributed by atoms with E-state index in [1.54, 1.807) is 13.2 Å². The molecule has 0 bridgehead atoms. The molecule has 0 atom stereocenters. The minimum absolute atomic E-state index is 0.621. The van der Waals surface area contributed by atoms with E-state index in [0.29, 0.717) is 6.42 Å². The summed E-state index contributed by atoms with van der Waals surface area (Å²) in [6.45, 7) is 4.00. The van der Waals surface area contributed by atoms with Crippen molar-refractivity contribution < 1.29 is 14.6 Å². The van der Waals surface area contributed by atoms with Crippen LogP contribution in [-0.2, 0) is 11.2 Å². The van der Waals surface area contributed by atoms with E-state index in [1.807, 2.05) is 38.1 Å². The van der Waals surface area contributed by atoms with Gasteiger partial charge in [-0.05, 0) is 24.1 Å². The first kappa shape index (κ1) is 14.2. The lowest BCUT2D eigenvalue weighted by atomic mass is 10.1. The standard InChI is InChI=1S/C11H12O3.C2H6/c1-14-10-7-5-9(6-8-10)3-2-4-11(12)13;1-2/h2,4-8H,3H2,1H3,(H,12,13);1-2H3/b4-2+;. The number of methoxy groups -OCH3 is 1. The Balaban J connectivity index is 0.00000106. The van der Waals surface area contributed by atoms with Crippen LogP contribution in [0.25, 0.3) is 0 Å². The zero-order valence-corrected chi connectivity index (χ0v) is 9.93. The number of aliphatic carboxylic acids is 1. The molecule has 0 radical (unpaired) electrons. The molecule has 0 unspecified atom stereocenters. The maximum atomic E-state index is 10.2. The van der Waals surface area contributed by atoms with E-state index < -0.39 is 5.97 Å². The number of benzene rings is 1. The van der Waals surface area contributed by atoms with Crippen molar-refractivity contribution in [1.82, 2.24) is 0 Å². The molecule has 0 aliphatic heterocycles. The third-order valence-corrected chi connectivity index (χ3v) is 1.77. The predicted octanol–water partition coefficient (Wildman–Crippen LogP) is 2.90. The molecule has 0 spiro atoms. The molecule has 1 rings (SSSR count). The quantitative estimate of drug-likeness (QED) is 0.797. The monoisotopic (exact) mass is 222 g/mol. The normalized spacial score (nSPS) is 9.44. The first-order chi connectivity index (χ1) is 7.72. The van der Waals surface area contributed by atoms with Crippen molar-refractivity contribution in [3.8, 4) is 5.75 Å². The smallest absolute Gasteiger partial charge is 0.327 e. The van der Waals surface area contributed by atoms with Gasteiger partial charge in [-0.2, -0.15) is 0 Å². The van der Waals surface area contributed by atoms with Crippen LogP contribution in [0.1, 0.15) is 19.4 Å². The molecule has 3 heteroatoms. The number of carboxylic acid groups (broad SMARTS) is 1. The van der Waals surface area contributed by atoms with Gasteiger partial charge in [0.25, 0.3) is 0 Å². The maximum absolute atomic E-state index is 10.2. The van der Waals surface area contributed by atoms with E-state index in [0.717, 1.165) is 17.4 Å². The first-order valence-electron chi connectivity index (χ1n) is 5.25. The lowest BCUT2D eigenvalue weighted by Gasteiger charge is -2.00. The second-order valence-corrected chi connectivity index (χ2v) is 2.79. The van der Waals surface area contributed by atoms with Crippen LogP contribution in [0.3, 0.4) is 0 Å². The summed E-state index contributed by atoms with van der Waals surface area (Å²) in [7, 11) is 1.61. The Morgan fingerprint density at radius 1 is 1.31 bits per heavy atom. The van der Waals surface area contributed by atoms with Gasteiger partial charge in [0.2, 0.25) is 0 Å². The summed E-state index contributed by atoms with van der Waals surface area (Å²) < 4.78 is 5.00. The zero-order chi connectivity index (χ0) is 12.4. The molecular formula is C13H18O3. The van der Waals surface area contributed by atoms with Crippen molar-refractivity contribution in [3.05, 3.63) is 42.0 Å². The van der Waals surface area contributed by atoms with Gasteiger partial charge >= 0.3 is 5.97 Å². The minimum atomic E-state index is -0.918. The third-order valence-electron chi connectivity index (χ3n) is 1.77. The highest BCUT2D eigenvalue weighted by Gasteiger charge is 1.92. The number of allylic oxidation sites excluding steroid dienone is 1. The molecule has 0 amide bonds. The summed E-state index contributed by atoms with van der Waals surface area (Å²) in [6, 6.07) is 7.52. The average molecular weight is 222 g/mol. The molecule has 1 N–H and O–H groups in total. The van der Waals surface area contributed by atoms with Crippen molar-refractivity contribution >= 4 is 5.97 Å². The van der Waals surface area contributed by atoms with Crippen LogP contribution in [-0.4, -0.2) is 18.2 Å². The fraction of sp³-hybridized carbons (Fsp3) is 0.308. The number of carbonyl (C=O) groups is 1. The summed E-state index contributed by atoms with van der Waals surface area (Å²) in [5.41, 5.74) is 1.06. The first-order valence-corrected chi connectivity index (χ1v) is 5.25. The Kier molecular flexibility index (Phi) is 7.59. The van der Waals surface area contributed by atoms with E-state index in [1.165, 1.54) is 0 Å². The molecule has 0 aliphatic rings. The topological polar surface area (TPSA) is 46.5 Å². The van der Waals surface area contributed by atoms with E-state index in [9.17, 15) is 4.79 Å². The maximum Gasteiger partial charge on any atom is 0.327 e. The van der Waals surface area contributed by atoms with Gasteiger partial charge in [0.15, 0.2) is 0 Å². The van der Waals surface area contributed by atoms with E-state index >= 15 is 0 Å². The van der Waals surface area contributed by atoms with E-state index in [2.05, 4.69) is 0 Å². The highest BCUT2D eigenvalue weighted by molar-refractivity contribution is 5.79. The van der Waals surface area contributed by atoms with Crippen molar-refractivity contribution in [2.24, 2.45) is 0 Å². The highest BCUT2D eigenvalue weighted by Crippen LogP contribution is 2.11. The van der Waals surface area contributed by atoms with Gasteiger partial charge in [0.1, 0.15) is 5.75 Å². The molecule has 1 aromatic carbocycles. The van der Waals surface area contributed by atoms with Crippen molar-refractivity contribution in [2.45, 2.75) is 20.3 Å². The second-order valence-electron chi connectivity index (χ2n) is 2.79. The summed E-state index contributed by atoms with van der Waals surface area (Å²) >= 11 is 0. The van der Waals surface area contributed by atoms with Crippen molar-refractivity contribution in [3.63, 3.8) is 0 Å². The predicted molar refractivity (Wildman–Crippen MR) is 64.8 cm³/mol. The lowest BCUT2D eigenvalue weighted by molar-refractivity contribution is -0.131. The number of hydrogen-bond donors (Lipinski definition) is 1.